The molecule has 0 aromatic rings. The smallest absolute Gasteiger partial charge is 0.0115 e. The van der Waals surface area contributed by atoms with E-state index in [0.29, 0.717) is 12.1 Å². The van der Waals surface area contributed by atoms with Crippen LogP contribution in [0.4, 0.5) is 0 Å². The summed E-state index contributed by atoms with van der Waals surface area (Å²) in [4.78, 5) is 5.50. The summed E-state index contributed by atoms with van der Waals surface area (Å²) < 4.78 is 0. The van der Waals surface area contributed by atoms with Gasteiger partial charge in [-0.25, -0.2) is 0 Å². The van der Waals surface area contributed by atoms with Crippen LogP contribution in [0.3, 0.4) is 0 Å². The van der Waals surface area contributed by atoms with Crippen molar-refractivity contribution in [3.05, 3.63) is 0 Å². The average Bonchev–Trinajstić information content (AvgIpc) is 2.38. The van der Waals surface area contributed by atoms with Crippen LogP contribution in [0, 0.1) is 0 Å². The first kappa shape index (κ1) is 17.2. The van der Waals surface area contributed by atoms with E-state index in [-0.39, 0.29) is 0 Å². The molecule has 2 rings (SSSR count). The van der Waals surface area contributed by atoms with Crippen molar-refractivity contribution >= 4 is 0 Å². The monoisotopic (exact) mass is 295 g/mol. The summed E-state index contributed by atoms with van der Waals surface area (Å²) in [5.41, 5.74) is 0. The highest BCUT2D eigenvalue weighted by molar-refractivity contribution is 4.95. The first-order chi connectivity index (χ1) is 10.0. The van der Waals surface area contributed by atoms with Gasteiger partial charge in [-0.3, -0.25) is 9.80 Å². The van der Waals surface area contributed by atoms with Crippen LogP contribution in [0.5, 0.6) is 0 Å². The van der Waals surface area contributed by atoms with E-state index in [9.17, 15) is 0 Å². The highest BCUT2D eigenvalue weighted by Gasteiger charge is 2.37. The summed E-state index contributed by atoms with van der Waals surface area (Å²) in [5, 5.41) is 3.70. The van der Waals surface area contributed by atoms with Crippen LogP contribution in [-0.4, -0.2) is 59.6 Å². The molecule has 0 aromatic carbocycles. The molecule has 0 saturated carbocycles. The van der Waals surface area contributed by atoms with Crippen LogP contribution in [0.1, 0.15) is 66.7 Å². The molecule has 2 heterocycles. The molecule has 0 aliphatic carbocycles. The number of nitrogens with zero attached hydrogens (tertiary/aromatic N) is 2. The van der Waals surface area contributed by atoms with Gasteiger partial charge in [0.1, 0.15) is 0 Å². The molecule has 21 heavy (non-hydrogen) atoms. The van der Waals surface area contributed by atoms with E-state index in [1.807, 2.05) is 0 Å². The van der Waals surface area contributed by atoms with Gasteiger partial charge in [0.2, 0.25) is 0 Å². The van der Waals surface area contributed by atoms with Gasteiger partial charge in [0.05, 0.1) is 0 Å². The third-order valence-corrected chi connectivity index (χ3v) is 5.56. The Labute approximate surface area is 132 Å². The third kappa shape index (κ3) is 4.43. The van der Waals surface area contributed by atoms with Gasteiger partial charge in [-0.2, -0.15) is 0 Å². The Balaban J connectivity index is 1.91. The maximum absolute atomic E-state index is 3.70. The van der Waals surface area contributed by atoms with Crippen molar-refractivity contribution in [2.24, 2.45) is 0 Å². The van der Waals surface area contributed by atoms with Crippen molar-refractivity contribution in [2.75, 3.05) is 19.6 Å². The quantitative estimate of drug-likeness (QED) is 0.778. The Morgan fingerprint density at radius 3 is 2.10 bits per heavy atom. The molecule has 124 valence electrons. The minimum atomic E-state index is 0.657. The van der Waals surface area contributed by atoms with E-state index < -0.39 is 0 Å². The van der Waals surface area contributed by atoms with E-state index in [0.717, 1.165) is 24.7 Å². The lowest BCUT2D eigenvalue weighted by Crippen LogP contribution is -2.58. The normalized spacial score (nSPS) is 30.6. The van der Waals surface area contributed by atoms with Crippen LogP contribution in [0.25, 0.3) is 0 Å². The lowest BCUT2D eigenvalue weighted by molar-refractivity contribution is 0.0117. The molecule has 3 heteroatoms. The Bertz CT molecular complexity index is 281. The molecule has 0 aromatic heterocycles. The molecule has 3 nitrogen and oxygen atoms in total. The fourth-order valence-corrected chi connectivity index (χ4v) is 4.64. The fraction of sp³-hybridized carbons (Fsp3) is 1.00. The third-order valence-electron chi connectivity index (χ3n) is 5.56. The molecule has 2 aliphatic heterocycles. The van der Waals surface area contributed by atoms with E-state index >= 15 is 0 Å². The minimum absolute atomic E-state index is 0.657. The van der Waals surface area contributed by atoms with Crippen LogP contribution < -0.4 is 5.32 Å². The molecule has 0 radical (unpaired) electrons. The largest absolute Gasteiger partial charge is 0.314 e. The van der Waals surface area contributed by atoms with Crippen molar-refractivity contribution in [3.63, 3.8) is 0 Å². The molecule has 2 unspecified atom stereocenters. The Morgan fingerprint density at radius 1 is 1.05 bits per heavy atom. The van der Waals surface area contributed by atoms with Crippen molar-refractivity contribution < 1.29 is 0 Å². The summed E-state index contributed by atoms with van der Waals surface area (Å²) in [6.45, 7) is 15.2. The number of nitrogens with one attached hydrogen (secondary N) is 1. The first-order valence-corrected chi connectivity index (χ1v) is 9.27. The number of hydrogen-bond acceptors (Lipinski definition) is 3. The summed E-state index contributed by atoms with van der Waals surface area (Å²) in [6, 6.07) is 3.76. The van der Waals surface area contributed by atoms with Gasteiger partial charge < -0.3 is 5.32 Å². The molecule has 0 amide bonds. The number of fused-ring (bicyclic) bond motifs is 2. The predicted molar refractivity (Wildman–Crippen MR) is 91.8 cm³/mol. The summed E-state index contributed by atoms with van der Waals surface area (Å²) >= 11 is 0. The zero-order chi connectivity index (χ0) is 15.4. The molecule has 2 saturated heterocycles. The van der Waals surface area contributed by atoms with Crippen molar-refractivity contribution in [1.29, 1.82) is 0 Å². The summed E-state index contributed by atoms with van der Waals surface area (Å²) in [6.07, 6.45) is 7.02. The number of rotatable bonds is 7. The van der Waals surface area contributed by atoms with Gasteiger partial charge in [0, 0.05) is 43.3 Å². The topological polar surface area (TPSA) is 18.5 Å². The molecule has 2 fully saturated rings. The van der Waals surface area contributed by atoms with Crippen molar-refractivity contribution in [3.8, 4) is 0 Å². The van der Waals surface area contributed by atoms with E-state index in [2.05, 4.69) is 49.7 Å². The molecule has 1 N–H and O–H groups in total. The Kier molecular flexibility index (Phi) is 6.51. The van der Waals surface area contributed by atoms with Gasteiger partial charge in [-0.15, -0.1) is 0 Å². The Hall–Kier alpha value is -0.120. The minimum Gasteiger partial charge on any atom is -0.314 e. The second kappa shape index (κ2) is 7.94. The van der Waals surface area contributed by atoms with E-state index in [1.165, 1.54) is 45.2 Å². The standard InChI is InChI=1S/C18H37N3/c1-6-19-16-12-17-8-7-9-18(13-16)21(17)11-10-20(14(2)3)15(4)5/h14-19H,6-13H2,1-5H3. The lowest BCUT2D eigenvalue weighted by Gasteiger charge is -2.50. The van der Waals surface area contributed by atoms with E-state index in [1.54, 1.807) is 0 Å². The van der Waals surface area contributed by atoms with Gasteiger partial charge in [-0.1, -0.05) is 13.3 Å². The summed E-state index contributed by atoms with van der Waals surface area (Å²) in [5.74, 6) is 0. The highest BCUT2D eigenvalue weighted by Crippen LogP contribution is 2.33. The van der Waals surface area contributed by atoms with Crippen LogP contribution in [0.2, 0.25) is 0 Å². The molecular formula is C18H37N3. The Morgan fingerprint density at radius 2 is 1.62 bits per heavy atom. The molecule has 2 aliphatic rings. The van der Waals surface area contributed by atoms with Gasteiger partial charge in [0.25, 0.3) is 0 Å². The van der Waals surface area contributed by atoms with Crippen LogP contribution in [-0.2, 0) is 0 Å². The van der Waals surface area contributed by atoms with Crippen LogP contribution >= 0.6 is 0 Å². The van der Waals surface area contributed by atoms with Gasteiger partial charge >= 0.3 is 0 Å². The van der Waals surface area contributed by atoms with Crippen molar-refractivity contribution in [1.82, 2.24) is 15.1 Å². The zero-order valence-corrected chi connectivity index (χ0v) is 14.9. The molecule has 0 spiro atoms. The summed E-state index contributed by atoms with van der Waals surface area (Å²) in [7, 11) is 0. The highest BCUT2D eigenvalue weighted by atomic mass is 15.3. The lowest BCUT2D eigenvalue weighted by atomic mass is 9.81. The predicted octanol–water partition coefficient (Wildman–Crippen LogP) is 3.10. The maximum Gasteiger partial charge on any atom is 0.0115 e. The molecule has 2 bridgehead atoms. The van der Waals surface area contributed by atoms with E-state index in [4.69, 9.17) is 0 Å². The first-order valence-electron chi connectivity index (χ1n) is 9.27. The van der Waals surface area contributed by atoms with Crippen LogP contribution in [0.15, 0.2) is 0 Å². The number of piperidine rings is 2. The fourth-order valence-electron chi connectivity index (χ4n) is 4.64. The van der Waals surface area contributed by atoms with Gasteiger partial charge in [-0.05, 0) is 59.9 Å². The zero-order valence-electron chi connectivity index (χ0n) is 14.9. The second-order valence-electron chi connectivity index (χ2n) is 7.63. The molecule has 2 atom stereocenters. The second-order valence-corrected chi connectivity index (χ2v) is 7.63. The average molecular weight is 296 g/mol. The van der Waals surface area contributed by atoms with Crippen molar-refractivity contribution in [2.45, 2.75) is 96.9 Å². The maximum atomic E-state index is 3.70. The van der Waals surface area contributed by atoms with Gasteiger partial charge in [0.15, 0.2) is 0 Å². The number of hydrogen-bond donors (Lipinski definition) is 1. The SMILES string of the molecule is CCNC1CC2CCCC(C1)N2CCN(C(C)C)C(C)C. The molecular weight excluding hydrogens is 258 g/mol.